The van der Waals surface area contributed by atoms with Gasteiger partial charge in [-0.2, -0.15) is 13.2 Å². The number of carbonyl (C=O) groups is 1. The lowest BCUT2D eigenvalue weighted by Crippen LogP contribution is -2.51. The van der Waals surface area contributed by atoms with Crippen LogP contribution in [0.4, 0.5) is 13.2 Å². The minimum absolute atomic E-state index is 0.0216. The highest BCUT2D eigenvalue weighted by molar-refractivity contribution is 7.91. The van der Waals surface area contributed by atoms with Crippen LogP contribution < -0.4 is 14.8 Å². The maximum atomic E-state index is 13.0. The van der Waals surface area contributed by atoms with Crippen molar-refractivity contribution in [3.8, 4) is 17.4 Å². The van der Waals surface area contributed by atoms with Gasteiger partial charge in [0, 0.05) is 24.8 Å². The van der Waals surface area contributed by atoms with Crippen LogP contribution in [-0.4, -0.2) is 58.7 Å². The third-order valence-electron chi connectivity index (χ3n) is 5.87. The van der Waals surface area contributed by atoms with E-state index in [2.05, 4.69) is 15.3 Å². The zero-order valence-electron chi connectivity index (χ0n) is 19.5. The Hall–Kier alpha value is -2.77. The lowest BCUT2D eigenvalue weighted by molar-refractivity contribution is -0.153. The average molecular weight is 581 g/mol. The van der Waals surface area contributed by atoms with Crippen molar-refractivity contribution in [1.82, 2.24) is 19.9 Å². The molecule has 200 valence electrons. The molecule has 3 heterocycles. The van der Waals surface area contributed by atoms with Crippen molar-refractivity contribution in [2.75, 3.05) is 18.1 Å². The Morgan fingerprint density at radius 1 is 1.22 bits per heavy atom. The summed E-state index contributed by atoms with van der Waals surface area (Å²) in [5.74, 6) is -1.13. The van der Waals surface area contributed by atoms with Gasteiger partial charge < -0.3 is 19.4 Å². The molecule has 0 saturated carbocycles. The van der Waals surface area contributed by atoms with E-state index >= 15 is 0 Å². The van der Waals surface area contributed by atoms with Crippen LogP contribution in [0.5, 0.6) is 17.4 Å². The van der Waals surface area contributed by atoms with Crippen LogP contribution in [0.1, 0.15) is 30.4 Å². The Bertz CT molecular complexity index is 1460. The number of alkyl halides is 3. The highest BCUT2D eigenvalue weighted by atomic mass is 35.5. The second-order valence-corrected chi connectivity index (χ2v) is 12.0. The fourth-order valence-electron chi connectivity index (χ4n) is 3.82. The van der Waals surface area contributed by atoms with E-state index in [1.165, 1.54) is 22.9 Å². The number of aromatic nitrogens is 3. The van der Waals surface area contributed by atoms with Gasteiger partial charge in [-0.15, -0.1) is 0 Å². The molecule has 37 heavy (non-hydrogen) atoms. The number of imidazole rings is 1. The number of carbonyl (C=O) groups excluding carboxylic acids is 1. The second kappa shape index (κ2) is 9.84. The fraction of sp³-hybridized carbons (Fsp3) is 0.409. The predicted molar refractivity (Wildman–Crippen MR) is 130 cm³/mol. The molecule has 1 aliphatic rings. The van der Waals surface area contributed by atoms with Gasteiger partial charge in [-0.3, -0.25) is 4.79 Å². The number of sulfone groups is 1. The predicted octanol–water partition coefficient (Wildman–Crippen LogP) is 4.71. The Balaban J connectivity index is 1.61. The first kappa shape index (κ1) is 27.3. The Labute approximate surface area is 219 Å². The van der Waals surface area contributed by atoms with Gasteiger partial charge in [-0.1, -0.05) is 23.2 Å². The van der Waals surface area contributed by atoms with E-state index < -0.39 is 34.1 Å². The van der Waals surface area contributed by atoms with Crippen molar-refractivity contribution < 1.29 is 35.9 Å². The van der Waals surface area contributed by atoms with Crippen molar-refractivity contribution in [2.45, 2.75) is 31.5 Å². The number of amides is 1. The quantitative estimate of drug-likeness (QED) is 0.449. The van der Waals surface area contributed by atoms with Gasteiger partial charge in [0.15, 0.2) is 23.9 Å². The molecule has 3 aromatic rings. The largest absolute Gasteiger partial charge is 0.478 e. The number of fused-ring (bicyclic) bond motifs is 1. The Morgan fingerprint density at radius 2 is 1.89 bits per heavy atom. The molecular weight excluding hydrogens is 560 g/mol. The number of nitrogens with one attached hydrogen (secondary N) is 1. The average Bonchev–Trinajstić information content (AvgIpc) is 3.14. The van der Waals surface area contributed by atoms with E-state index in [9.17, 15) is 26.4 Å². The summed E-state index contributed by atoms with van der Waals surface area (Å²) in [6, 6.07) is 4.08. The van der Waals surface area contributed by atoms with Crippen molar-refractivity contribution >= 4 is 50.0 Å². The Kier molecular flexibility index (Phi) is 7.25. The minimum atomic E-state index is -4.59. The lowest BCUT2D eigenvalue weighted by atomic mass is 9.95. The van der Waals surface area contributed by atoms with Crippen LogP contribution >= 0.6 is 23.2 Å². The van der Waals surface area contributed by atoms with E-state index in [0.717, 1.165) is 6.07 Å². The molecule has 0 bridgehead atoms. The third kappa shape index (κ3) is 6.21. The molecule has 4 rings (SSSR count). The van der Waals surface area contributed by atoms with E-state index in [-0.39, 0.29) is 57.6 Å². The number of nitrogens with zero attached hydrogens (tertiary/aromatic N) is 3. The molecule has 2 aromatic heterocycles. The maximum absolute atomic E-state index is 13.0. The standard InChI is InChI=1S/C22H21Cl2F3N4O5S/c1-21(5-7-37(33,34)8-6-21)30-19(32)18-29-13-3-4-14(16(24)17(13)31(18)2)36-20-15(9-12(23)10-28-20)35-11-22(25,26)27/h3-4,9-10H,5-8,11H2,1-2H3,(H,30,32). The molecule has 15 heteroatoms. The molecule has 0 unspecified atom stereocenters. The van der Waals surface area contributed by atoms with Gasteiger partial charge in [-0.25, -0.2) is 18.4 Å². The van der Waals surface area contributed by atoms with Crippen LogP contribution in [0, 0.1) is 0 Å². The molecule has 1 aromatic carbocycles. The second-order valence-electron chi connectivity index (χ2n) is 8.87. The van der Waals surface area contributed by atoms with Crippen molar-refractivity contribution in [1.29, 1.82) is 0 Å². The summed E-state index contributed by atoms with van der Waals surface area (Å²) < 4.78 is 73.4. The highest BCUT2D eigenvalue weighted by Gasteiger charge is 2.36. The highest BCUT2D eigenvalue weighted by Crippen LogP contribution is 2.39. The number of benzene rings is 1. The number of hydrogen-bond donors (Lipinski definition) is 1. The molecule has 1 fully saturated rings. The number of hydrogen-bond acceptors (Lipinski definition) is 7. The van der Waals surface area contributed by atoms with Crippen LogP contribution in [-0.2, 0) is 16.9 Å². The number of aryl methyl sites for hydroxylation is 1. The first-order valence-corrected chi connectivity index (χ1v) is 13.4. The molecule has 1 amide bonds. The summed E-state index contributed by atoms with van der Waals surface area (Å²) in [6.45, 7) is 0.196. The van der Waals surface area contributed by atoms with Crippen LogP contribution in [0.25, 0.3) is 11.0 Å². The molecule has 0 aliphatic carbocycles. The maximum Gasteiger partial charge on any atom is 0.422 e. The molecule has 0 radical (unpaired) electrons. The third-order valence-corrected chi connectivity index (χ3v) is 8.09. The Morgan fingerprint density at radius 3 is 2.54 bits per heavy atom. The first-order chi connectivity index (χ1) is 17.2. The van der Waals surface area contributed by atoms with Crippen LogP contribution in [0.3, 0.4) is 0 Å². The van der Waals surface area contributed by atoms with Gasteiger partial charge in [0.2, 0.25) is 0 Å². The number of rotatable bonds is 6. The monoisotopic (exact) mass is 580 g/mol. The number of pyridine rings is 1. The number of ether oxygens (including phenoxy) is 2. The lowest BCUT2D eigenvalue weighted by Gasteiger charge is -2.34. The summed E-state index contributed by atoms with van der Waals surface area (Å²) in [6.07, 6.45) is -2.87. The van der Waals surface area contributed by atoms with Crippen molar-refractivity contribution in [2.24, 2.45) is 7.05 Å². The first-order valence-electron chi connectivity index (χ1n) is 10.9. The zero-order valence-corrected chi connectivity index (χ0v) is 21.9. The van der Waals surface area contributed by atoms with E-state index in [0.29, 0.717) is 11.0 Å². The summed E-state index contributed by atoms with van der Waals surface area (Å²) in [4.78, 5) is 21.3. The van der Waals surface area contributed by atoms with Crippen LogP contribution in [0.2, 0.25) is 10.0 Å². The van der Waals surface area contributed by atoms with Crippen LogP contribution in [0.15, 0.2) is 24.4 Å². The topological polar surface area (TPSA) is 112 Å². The van der Waals surface area contributed by atoms with E-state index in [4.69, 9.17) is 32.7 Å². The molecule has 1 N–H and O–H groups in total. The molecule has 9 nitrogen and oxygen atoms in total. The zero-order chi connectivity index (χ0) is 27.2. The molecule has 1 saturated heterocycles. The molecule has 1 aliphatic heterocycles. The molecule has 0 atom stereocenters. The minimum Gasteiger partial charge on any atom is -0.478 e. The fourth-order valence-corrected chi connectivity index (χ4v) is 6.02. The molecule has 0 spiro atoms. The van der Waals surface area contributed by atoms with Crippen molar-refractivity contribution in [3.05, 3.63) is 40.3 Å². The summed E-state index contributed by atoms with van der Waals surface area (Å²) >= 11 is 12.4. The van der Waals surface area contributed by atoms with E-state index in [1.54, 1.807) is 14.0 Å². The van der Waals surface area contributed by atoms with Gasteiger partial charge in [0.1, 0.15) is 14.9 Å². The van der Waals surface area contributed by atoms with Crippen molar-refractivity contribution in [3.63, 3.8) is 0 Å². The van der Waals surface area contributed by atoms with Gasteiger partial charge in [-0.05, 0) is 31.9 Å². The van der Waals surface area contributed by atoms with Gasteiger partial charge >= 0.3 is 6.18 Å². The summed E-state index contributed by atoms with van der Waals surface area (Å²) in [5, 5.41) is 2.94. The normalized spacial score (nSPS) is 16.9. The summed E-state index contributed by atoms with van der Waals surface area (Å²) in [7, 11) is -1.55. The SMILES string of the molecule is Cn1c(C(=O)NC2(C)CCS(=O)(=O)CC2)nc2ccc(Oc3ncc(Cl)cc3OCC(F)(F)F)c(Cl)c21. The van der Waals surface area contributed by atoms with E-state index in [1.807, 2.05) is 0 Å². The molecular formula is C22H21Cl2F3N4O5S. The van der Waals surface area contributed by atoms with Gasteiger partial charge in [0.05, 0.1) is 27.6 Å². The smallest absolute Gasteiger partial charge is 0.422 e. The summed E-state index contributed by atoms with van der Waals surface area (Å²) in [5.41, 5.74) is -0.0301. The van der Waals surface area contributed by atoms with Gasteiger partial charge in [0.25, 0.3) is 11.8 Å². The number of halogens is 5.